The maximum absolute atomic E-state index is 12.6. The van der Waals surface area contributed by atoms with Gasteiger partial charge in [-0.2, -0.15) is 0 Å². The van der Waals surface area contributed by atoms with Crippen LogP contribution in [0.2, 0.25) is 0 Å². The summed E-state index contributed by atoms with van der Waals surface area (Å²) in [5.74, 6) is -0.404. The Labute approximate surface area is 325 Å². The Bertz CT molecular complexity index is 928. The van der Waals surface area contributed by atoms with Crippen molar-refractivity contribution in [2.45, 2.75) is 199 Å². The van der Waals surface area contributed by atoms with E-state index in [-0.39, 0.29) is 38.9 Å². The molecular formula is C43H82NO8P. The number of carbonyl (C=O) groups excluding carboxylic acids is 1. The van der Waals surface area contributed by atoms with Gasteiger partial charge in [-0.25, -0.2) is 4.57 Å². The highest BCUT2D eigenvalue weighted by atomic mass is 31.2. The zero-order chi connectivity index (χ0) is 38.9. The maximum atomic E-state index is 12.6. The van der Waals surface area contributed by atoms with Gasteiger partial charge in [-0.1, -0.05) is 185 Å². The summed E-state index contributed by atoms with van der Waals surface area (Å²) in [6, 6.07) is 0. The van der Waals surface area contributed by atoms with Gasteiger partial charge in [0.1, 0.15) is 6.10 Å². The van der Waals surface area contributed by atoms with E-state index in [1.807, 2.05) is 36.5 Å². The molecule has 0 aliphatic carbocycles. The van der Waals surface area contributed by atoms with E-state index in [0.29, 0.717) is 13.0 Å². The van der Waals surface area contributed by atoms with E-state index in [4.69, 9.17) is 24.3 Å². The largest absolute Gasteiger partial charge is 0.472 e. The molecule has 3 atom stereocenters. The van der Waals surface area contributed by atoms with Crippen molar-refractivity contribution in [2.75, 3.05) is 33.0 Å². The molecule has 0 aliphatic rings. The third-order valence-electron chi connectivity index (χ3n) is 9.16. The van der Waals surface area contributed by atoms with Crippen molar-refractivity contribution in [3.63, 3.8) is 0 Å². The molecule has 10 heteroatoms. The Morgan fingerprint density at radius 2 is 1.21 bits per heavy atom. The molecule has 0 fully saturated rings. The number of phosphoric acid groups is 1. The molecule has 9 nitrogen and oxygen atoms in total. The van der Waals surface area contributed by atoms with Crippen molar-refractivity contribution < 1.29 is 37.9 Å². The molecule has 4 N–H and O–H groups in total. The topological polar surface area (TPSA) is 138 Å². The number of allylic oxidation sites excluding steroid dienone is 5. The number of ether oxygens (including phenoxy) is 2. The molecule has 0 aromatic carbocycles. The lowest BCUT2D eigenvalue weighted by Gasteiger charge is -2.20. The van der Waals surface area contributed by atoms with Gasteiger partial charge in [0.05, 0.1) is 25.9 Å². The number of hydrogen-bond donors (Lipinski definition) is 3. The van der Waals surface area contributed by atoms with Gasteiger partial charge >= 0.3 is 13.8 Å². The van der Waals surface area contributed by atoms with Crippen LogP contribution in [-0.4, -0.2) is 61.1 Å². The Hall–Kier alpha value is -1.32. The predicted molar refractivity (Wildman–Crippen MR) is 221 cm³/mol. The zero-order valence-electron chi connectivity index (χ0n) is 34.1. The summed E-state index contributed by atoms with van der Waals surface area (Å²) >= 11 is 0. The molecule has 0 rings (SSSR count). The van der Waals surface area contributed by atoms with Gasteiger partial charge < -0.3 is 25.2 Å². The fourth-order valence-electron chi connectivity index (χ4n) is 5.95. The van der Waals surface area contributed by atoms with Crippen LogP contribution in [0, 0.1) is 0 Å². The molecule has 0 aliphatic heterocycles. The first kappa shape index (κ1) is 51.7. The molecule has 312 valence electrons. The highest BCUT2D eigenvalue weighted by Crippen LogP contribution is 2.43. The lowest BCUT2D eigenvalue weighted by molar-refractivity contribution is -0.154. The Morgan fingerprint density at radius 3 is 1.77 bits per heavy atom. The lowest BCUT2D eigenvalue weighted by atomic mass is 10.0. The number of unbranched alkanes of at least 4 members (excludes halogenated alkanes) is 21. The summed E-state index contributed by atoms with van der Waals surface area (Å²) in [5, 5.41) is 10.1. The van der Waals surface area contributed by atoms with Crippen LogP contribution in [0.25, 0.3) is 0 Å². The molecule has 0 aromatic rings. The van der Waals surface area contributed by atoms with Crippen molar-refractivity contribution in [3.8, 4) is 0 Å². The van der Waals surface area contributed by atoms with Crippen LogP contribution in [-0.2, 0) is 27.9 Å². The van der Waals surface area contributed by atoms with E-state index in [0.717, 1.165) is 38.5 Å². The van der Waals surface area contributed by atoms with Crippen LogP contribution in [0.4, 0.5) is 0 Å². The van der Waals surface area contributed by atoms with Crippen LogP contribution in [0.5, 0.6) is 0 Å². The molecule has 0 spiro atoms. The molecule has 0 aromatic heterocycles. The molecule has 0 radical (unpaired) electrons. The number of aliphatic hydroxyl groups excluding tert-OH is 1. The highest BCUT2D eigenvalue weighted by molar-refractivity contribution is 7.47. The first-order valence-electron chi connectivity index (χ1n) is 21.6. The summed E-state index contributed by atoms with van der Waals surface area (Å²) in [7, 11) is -4.30. The van der Waals surface area contributed by atoms with Gasteiger partial charge in [0.25, 0.3) is 0 Å². The van der Waals surface area contributed by atoms with Crippen LogP contribution in [0.15, 0.2) is 36.5 Å². The molecule has 0 saturated carbocycles. The smallest absolute Gasteiger partial charge is 0.457 e. The third kappa shape index (κ3) is 40.2. The highest BCUT2D eigenvalue weighted by Gasteiger charge is 2.25. The van der Waals surface area contributed by atoms with Crippen molar-refractivity contribution in [3.05, 3.63) is 36.5 Å². The van der Waals surface area contributed by atoms with Gasteiger partial charge in [-0.05, 0) is 32.1 Å². The van der Waals surface area contributed by atoms with Crippen molar-refractivity contribution in [2.24, 2.45) is 5.73 Å². The SMILES string of the molecule is CCCCCCCCCCCCCCCCCCOCC(COP(=O)(O)OCCN)OC(=O)CCC/C=C\C/C=C\C=C/C(O)CCCCCCCC. The average Bonchev–Trinajstić information content (AvgIpc) is 3.14. The fraction of sp³-hybridized carbons (Fsp3) is 0.837. The molecule has 0 heterocycles. The van der Waals surface area contributed by atoms with E-state index >= 15 is 0 Å². The second-order valence-corrected chi connectivity index (χ2v) is 15.9. The minimum Gasteiger partial charge on any atom is -0.457 e. The summed E-state index contributed by atoms with van der Waals surface area (Å²) < 4.78 is 33.3. The molecule has 0 bridgehead atoms. The summed E-state index contributed by atoms with van der Waals surface area (Å²) in [4.78, 5) is 22.4. The number of rotatable bonds is 41. The second kappa shape index (κ2) is 40.3. The number of carbonyl (C=O) groups is 1. The van der Waals surface area contributed by atoms with Crippen molar-refractivity contribution in [1.82, 2.24) is 0 Å². The van der Waals surface area contributed by atoms with Crippen LogP contribution >= 0.6 is 7.82 Å². The fourth-order valence-corrected chi connectivity index (χ4v) is 6.71. The first-order valence-corrected chi connectivity index (χ1v) is 23.1. The molecule has 53 heavy (non-hydrogen) atoms. The van der Waals surface area contributed by atoms with Crippen molar-refractivity contribution >= 4 is 13.8 Å². The van der Waals surface area contributed by atoms with Crippen molar-refractivity contribution in [1.29, 1.82) is 0 Å². The van der Waals surface area contributed by atoms with Crippen LogP contribution in [0.1, 0.15) is 187 Å². The van der Waals surface area contributed by atoms with Crippen LogP contribution < -0.4 is 5.73 Å². The standard InChI is InChI=1S/C43H82NO8P/c1-3-5-7-9-11-12-13-14-15-16-17-18-21-24-28-32-37-49-39-42(40-51-53(47,48)50-38-36-44)52-43(46)35-31-27-23-20-19-22-26-30-34-41(45)33-29-25-10-8-6-4-2/h20,22-23,26,30,34,41-42,45H,3-19,21,24-25,27-29,31-33,35-40,44H2,1-2H3,(H,47,48)/b23-20-,26-22-,34-30-. The van der Waals surface area contributed by atoms with Gasteiger partial charge in [0, 0.05) is 19.6 Å². The molecular weight excluding hydrogens is 689 g/mol. The zero-order valence-corrected chi connectivity index (χ0v) is 35.0. The summed E-state index contributed by atoms with van der Waals surface area (Å²) in [5.41, 5.74) is 5.36. The van der Waals surface area contributed by atoms with E-state index in [9.17, 15) is 19.4 Å². The minimum absolute atomic E-state index is 0.0815. The predicted octanol–water partition coefficient (Wildman–Crippen LogP) is 11.6. The number of esters is 1. The molecule has 3 unspecified atom stereocenters. The number of hydrogen-bond acceptors (Lipinski definition) is 8. The maximum Gasteiger partial charge on any atom is 0.472 e. The molecule has 0 saturated heterocycles. The first-order chi connectivity index (χ1) is 25.8. The monoisotopic (exact) mass is 772 g/mol. The Morgan fingerprint density at radius 1 is 0.660 bits per heavy atom. The summed E-state index contributed by atoms with van der Waals surface area (Å²) in [6.07, 6.45) is 41.9. The normalized spacial score (nSPS) is 14.4. The number of nitrogens with two attached hydrogens (primary N) is 1. The van der Waals surface area contributed by atoms with Gasteiger partial charge in [-0.3, -0.25) is 13.8 Å². The summed E-state index contributed by atoms with van der Waals surface area (Å²) in [6.45, 7) is 4.76. The van der Waals surface area contributed by atoms with Gasteiger partial charge in [0.2, 0.25) is 0 Å². The van der Waals surface area contributed by atoms with E-state index < -0.39 is 19.9 Å². The van der Waals surface area contributed by atoms with Gasteiger partial charge in [-0.15, -0.1) is 0 Å². The average molecular weight is 772 g/mol. The van der Waals surface area contributed by atoms with Gasteiger partial charge in [0.15, 0.2) is 0 Å². The molecule has 0 amide bonds. The van der Waals surface area contributed by atoms with E-state index in [1.165, 1.54) is 122 Å². The Kier molecular flexibility index (Phi) is 39.3. The van der Waals surface area contributed by atoms with Crippen LogP contribution in [0.3, 0.4) is 0 Å². The second-order valence-electron chi connectivity index (χ2n) is 14.4. The lowest BCUT2D eigenvalue weighted by Crippen LogP contribution is -2.28. The quantitative estimate of drug-likeness (QED) is 0.0182. The number of aliphatic hydroxyl groups is 1. The Balaban J connectivity index is 4.18. The van der Waals surface area contributed by atoms with E-state index in [1.54, 1.807) is 0 Å². The van der Waals surface area contributed by atoms with E-state index in [2.05, 4.69) is 13.8 Å². The number of phosphoric ester groups is 1. The third-order valence-corrected chi connectivity index (χ3v) is 10.1. The minimum atomic E-state index is -4.30.